The molecule has 0 amide bonds. The average molecular weight is 415 g/mol. The summed E-state index contributed by atoms with van der Waals surface area (Å²) in [4.78, 5) is 4.19. The van der Waals surface area contributed by atoms with Crippen LogP contribution in [0, 0.1) is 0 Å². The number of benzene rings is 1. The van der Waals surface area contributed by atoms with Gasteiger partial charge in [-0.2, -0.15) is 0 Å². The summed E-state index contributed by atoms with van der Waals surface area (Å²) in [5, 5.41) is 6.53. The third-order valence-corrected chi connectivity index (χ3v) is 3.09. The minimum absolute atomic E-state index is 0. The molecule has 2 aromatic rings. The van der Waals surface area contributed by atoms with Crippen LogP contribution in [0.5, 0.6) is 5.75 Å². The van der Waals surface area contributed by atoms with Crippen molar-refractivity contribution in [1.29, 1.82) is 0 Å². The molecule has 0 saturated heterocycles. The highest BCUT2D eigenvalue weighted by molar-refractivity contribution is 14.0. The third-order valence-electron chi connectivity index (χ3n) is 3.09. The van der Waals surface area contributed by atoms with E-state index < -0.39 is 0 Å². The molecular formula is C16H22IN3O2. The number of guanidine groups is 1. The molecule has 1 aromatic carbocycles. The molecule has 2 rings (SSSR count). The zero-order chi connectivity index (χ0) is 14.9. The van der Waals surface area contributed by atoms with E-state index in [0.717, 1.165) is 30.4 Å². The first-order valence-corrected chi connectivity index (χ1v) is 6.91. The lowest BCUT2D eigenvalue weighted by Crippen LogP contribution is -2.37. The van der Waals surface area contributed by atoms with Crippen molar-refractivity contribution in [2.45, 2.75) is 13.0 Å². The Labute approximate surface area is 148 Å². The summed E-state index contributed by atoms with van der Waals surface area (Å²) in [5.41, 5.74) is 1.17. The van der Waals surface area contributed by atoms with Gasteiger partial charge < -0.3 is 19.8 Å². The van der Waals surface area contributed by atoms with Crippen molar-refractivity contribution in [1.82, 2.24) is 10.6 Å². The molecular weight excluding hydrogens is 393 g/mol. The van der Waals surface area contributed by atoms with Gasteiger partial charge in [0.05, 0.1) is 13.4 Å². The second kappa shape index (κ2) is 10.1. The van der Waals surface area contributed by atoms with Crippen molar-refractivity contribution in [3.8, 4) is 5.75 Å². The van der Waals surface area contributed by atoms with Gasteiger partial charge in [-0.3, -0.25) is 4.99 Å². The maximum absolute atomic E-state index is 5.29. The molecule has 1 aromatic heterocycles. The quantitative estimate of drug-likeness (QED) is 0.433. The van der Waals surface area contributed by atoms with Crippen LogP contribution in [-0.4, -0.2) is 26.7 Å². The summed E-state index contributed by atoms with van der Waals surface area (Å²) in [5.74, 6) is 2.60. The van der Waals surface area contributed by atoms with E-state index in [1.807, 2.05) is 36.4 Å². The maximum atomic E-state index is 5.29. The molecule has 0 aliphatic heterocycles. The second-order valence-electron chi connectivity index (χ2n) is 4.53. The van der Waals surface area contributed by atoms with Gasteiger partial charge in [-0.05, 0) is 29.8 Å². The third kappa shape index (κ3) is 5.97. The number of furan rings is 1. The minimum atomic E-state index is 0. The van der Waals surface area contributed by atoms with E-state index in [1.54, 1.807) is 20.4 Å². The van der Waals surface area contributed by atoms with Gasteiger partial charge in [-0.15, -0.1) is 24.0 Å². The highest BCUT2D eigenvalue weighted by Gasteiger charge is 2.00. The van der Waals surface area contributed by atoms with Gasteiger partial charge in [0.25, 0.3) is 0 Å². The van der Waals surface area contributed by atoms with E-state index in [4.69, 9.17) is 9.15 Å². The topological polar surface area (TPSA) is 58.8 Å². The Morgan fingerprint density at radius 2 is 1.95 bits per heavy atom. The van der Waals surface area contributed by atoms with Crippen LogP contribution in [-0.2, 0) is 13.0 Å². The monoisotopic (exact) mass is 415 g/mol. The Morgan fingerprint density at radius 1 is 1.18 bits per heavy atom. The van der Waals surface area contributed by atoms with Crippen LogP contribution in [0.3, 0.4) is 0 Å². The molecule has 1 heterocycles. The zero-order valence-electron chi connectivity index (χ0n) is 12.8. The number of hydrogen-bond acceptors (Lipinski definition) is 3. The molecule has 0 fully saturated rings. The van der Waals surface area contributed by atoms with E-state index >= 15 is 0 Å². The summed E-state index contributed by atoms with van der Waals surface area (Å²) < 4.78 is 10.4. The van der Waals surface area contributed by atoms with Crippen molar-refractivity contribution < 1.29 is 9.15 Å². The number of ether oxygens (including phenoxy) is 1. The Kier molecular flexibility index (Phi) is 8.42. The SMILES string of the molecule is CN=C(NCCc1ccco1)NCc1ccc(OC)cc1.I. The van der Waals surface area contributed by atoms with E-state index in [0.29, 0.717) is 6.54 Å². The number of aliphatic imine (C=N–C) groups is 1. The molecule has 0 saturated carbocycles. The van der Waals surface area contributed by atoms with Gasteiger partial charge in [-0.1, -0.05) is 12.1 Å². The number of methoxy groups -OCH3 is 1. The van der Waals surface area contributed by atoms with E-state index in [1.165, 1.54) is 5.56 Å². The molecule has 0 unspecified atom stereocenters. The van der Waals surface area contributed by atoms with Crippen LogP contribution in [0.4, 0.5) is 0 Å². The van der Waals surface area contributed by atoms with Crippen LogP contribution in [0.1, 0.15) is 11.3 Å². The highest BCUT2D eigenvalue weighted by atomic mass is 127. The Hall–Kier alpha value is -1.70. The fourth-order valence-electron chi connectivity index (χ4n) is 1.91. The first kappa shape index (κ1) is 18.3. The maximum Gasteiger partial charge on any atom is 0.191 e. The summed E-state index contributed by atoms with van der Waals surface area (Å²) >= 11 is 0. The lowest BCUT2D eigenvalue weighted by atomic mass is 10.2. The predicted octanol–water partition coefficient (Wildman–Crippen LogP) is 2.81. The molecule has 0 aliphatic rings. The lowest BCUT2D eigenvalue weighted by molar-refractivity contribution is 0.414. The molecule has 0 aliphatic carbocycles. The fourth-order valence-corrected chi connectivity index (χ4v) is 1.91. The van der Waals surface area contributed by atoms with Crippen LogP contribution in [0.2, 0.25) is 0 Å². The molecule has 0 atom stereocenters. The van der Waals surface area contributed by atoms with Crippen molar-refractivity contribution in [2.75, 3.05) is 20.7 Å². The Morgan fingerprint density at radius 3 is 2.55 bits per heavy atom. The summed E-state index contributed by atoms with van der Waals surface area (Å²) in [6.07, 6.45) is 2.52. The Balaban J connectivity index is 0.00000242. The number of halogens is 1. The van der Waals surface area contributed by atoms with Gasteiger partial charge in [0.2, 0.25) is 0 Å². The van der Waals surface area contributed by atoms with E-state index in [9.17, 15) is 0 Å². The molecule has 0 bridgehead atoms. The largest absolute Gasteiger partial charge is 0.497 e. The second-order valence-corrected chi connectivity index (χ2v) is 4.53. The van der Waals surface area contributed by atoms with Gasteiger partial charge >= 0.3 is 0 Å². The fraction of sp³-hybridized carbons (Fsp3) is 0.312. The Bertz CT molecular complexity index is 553. The number of rotatable bonds is 6. The van der Waals surface area contributed by atoms with Crippen LogP contribution in [0.25, 0.3) is 0 Å². The van der Waals surface area contributed by atoms with Crippen LogP contribution in [0.15, 0.2) is 52.1 Å². The first-order chi connectivity index (χ1) is 10.3. The van der Waals surface area contributed by atoms with Crippen LogP contribution < -0.4 is 15.4 Å². The summed E-state index contributed by atoms with van der Waals surface area (Å²) in [6, 6.07) is 11.8. The molecule has 22 heavy (non-hydrogen) atoms. The average Bonchev–Trinajstić information content (AvgIpc) is 3.04. The molecule has 0 radical (unpaired) electrons. The zero-order valence-corrected chi connectivity index (χ0v) is 15.2. The normalized spacial score (nSPS) is 10.7. The lowest BCUT2D eigenvalue weighted by Gasteiger charge is -2.11. The van der Waals surface area contributed by atoms with E-state index in [2.05, 4.69) is 15.6 Å². The van der Waals surface area contributed by atoms with Crippen LogP contribution >= 0.6 is 24.0 Å². The minimum Gasteiger partial charge on any atom is -0.497 e. The van der Waals surface area contributed by atoms with Crippen molar-refractivity contribution in [3.63, 3.8) is 0 Å². The molecule has 120 valence electrons. The van der Waals surface area contributed by atoms with Gasteiger partial charge in [0, 0.05) is 26.6 Å². The summed E-state index contributed by atoms with van der Waals surface area (Å²) in [6.45, 7) is 1.49. The standard InChI is InChI=1S/C16H21N3O2.HI/c1-17-16(18-10-9-15-4-3-11-21-15)19-12-13-5-7-14(20-2)8-6-13;/h3-8,11H,9-10,12H2,1-2H3,(H2,17,18,19);1H. The smallest absolute Gasteiger partial charge is 0.191 e. The van der Waals surface area contributed by atoms with Crippen molar-refractivity contribution in [3.05, 3.63) is 54.0 Å². The number of hydrogen-bond donors (Lipinski definition) is 2. The van der Waals surface area contributed by atoms with Gasteiger partial charge in [0.1, 0.15) is 11.5 Å². The van der Waals surface area contributed by atoms with Gasteiger partial charge in [0.15, 0.2) is 5.96 Å². The highest BCUT2D eigenvalue weighted by Crippen LogP contribution is 2.10. The molecule has 0 spiro atoms. The van der Waals surface area contributed by atoms with E-state index in [-0.39, 0.29) is 24.0 Å². The number of nitrogens with zero attached hydrogens (tertiary/aromatic N) is 1. The molecule has 5 nitrogen and oxygen atoms in total. The molecule has 2 N–H and O–H groups in total. The molecule has 6 heteroatoms. The van der Waals surface area contributed by atoms with Crippen molar-refractivity contribution in [2.24, 2.45) is 4.99 Å². The number of nitrogens with one attached hydrogen (secondary N) is 2. The predicted molar refractivity (Wildman–Crippen MR) is 99.0 cm³/mol. The van der Waals surface area contributed by atoms with Crippen molar-refractivity contribution >= 4 is 29.9 Å². The first-order valence-electron chi connectivity index (χ1n) is 6.91. The summed E-state index contributed by atoms with van der Waals surface area (Å²) in [7, 11) is 3.42. The van der Waals surface area contributed by atoms with Gasteiger partial charge in [-0.25, -0.2) is 0 Å².